The highest BCUT2D eigenvalue weighted by Gasteiger charge is 2.65. The molecule has 0 radical (unpaired) electrons. The van der Waals surface area contributed by atoms with Crippen molar-refractivity contribution in [1.82, 2.24) is 15.2 Å². The van der Waals surface area contributed by atoms with Crippen LogP contribution in [0.2, 0.25) is 0 Å². The predicted octanol–water partition coefficient (Wildman–Crippen LogP) is 1.58. The third-order valence-electron chi connectivity index (χ3n) is 5.06. The number of Topliss-reactive ketones (excluding diaryl/α,β-unsaturated/α-hetero) is 1. The molecule has 1 saturated heterocycles. The van der Waals surface area contributed by atoms with Gasteiger partial charge in [-0.15, -0.1) is 0 Å². The smallest absolute Gasteiger partial charge is 0.325 e. The van der Waals surface area contributed by atoms with Gasteiger partial charge in [0.1, 0.15) is 5.54 Å². The van der Waals surface area contributed by atoms with E-state index < -0.39 is 17.4 Å². The highest BCUT2D eigenvalue weighted by atomic mass is 16.4. The van der Waals surface area contributed by atoms with E-state index in [0.717, 1.165) is 30.6 Å². The Balaban J connectivity index is 1.57. The molecule has 3 fully saturated rings. The molecule has 0 aromatic carbocycles. The van der Waals surface area contributed by atoms with Crippen molar-refractivity contribution in [2.45, 2.75) is 45.1 Å². The van der Waals surface area contributed by atoms with Gasteiger partial charge in [0.2, 0.25) is 5.78 Å². The Morgan fingerprint density at radius 2 is 1.87 bits per heavy atom. The number of aryl methyl sites for hydroxylation is 2. The van der Waals surface area contributed by atoms with E-state index in [2.05, 4.69) is 10.3 Å². The second-order valence-corrected chi connectivity index (χ2v) is 6.81. The van der Waals surface area contributed by atoms with Crippen LogP contribution in [0.4, 0.5) is 4.79 Å². The molecule has 1 N–H and O–H groups in total. The number of carbonyl (C=O) groups is 3. The molecule has 7 nitrogen and oxygen atoms in total. The molecular weight excluding hydrogens is 298 g/mol. The van der Waals surface area contributed by atoms with E-state index in [1.807, 2.05) is 0 Å². The largest absolute Gasteiger partial charge is 0.438 e. The molecule has 0 spiro atoms. The molecule has 2 heterocycles. The number of nitrogens with zero attached hydrogens (tertiary/aromatic N) is 2. The molecule has 2 saturated carbocycles. The van der Waals surface area contributed by atoms with Gasteiger partial charge in [0, 0.05) is 6.92 Å². The van der Waals surface area contributed by atoms with Crippen LogP contribution >= 0.6 is 0 Å². The minimum atomic E-state index is -0.760. The third-order valence-corrected chi connectivity index (χ3v) is 5.06. The molecule has 3 aliphatic rings. The number of hydrogen-bond acceptors (Lipinski definition) is 5. The van der Waals surface area contributed by atoms with E-state index in [4.69, 9.17) is 4.42 Å². The minimum Gasteiger partial charge on any atom is -0.438 e. The second-order valence-electron chi connectivity index (χ2n) is 6.81. The number of imide groups is 1. The van der Waals surface area contributed by atoms with E-state index >= 15 is 0 Å². The number of nitrogens with one attached hydrogen (secondary N) is 1. The summed E-state index contributed by atoms with van der Waals surface area (Å²) in [5.41, 5.74) is -0.279. The fourth-order valence-corrected chi connectivity index (χ4v) is 3.73. The first-order valence-electron chi connectivity index (χ1n) is 8.05. The van der Waals surface area contributed by atoms with Crippen LogP contribution in [0.3, 0.4) is 0 Å². The molecule has 4 rings (SSSR count). The van der Waals surface area contributed by atoms with Crippen LogP contribution in [0.5, 0.6) is 0 Å². The van der Waals surface area contributed by atoms with Crippen LogP contribution in [-0.4, -0.2) is 39.7 Å². The Morgan fingerprint density at radius 3 is 2.35 bits per heavy atom. The maximum absolute atomic E-state index is 12.9. The van der Waals surface area contributed by atoms with Crippen LogP contribution in [-0.2, 0) is 4.79 Å². The summed E-state index contributed by atoms with van der Waals surface area (Å²) in [6.45, 7) is 3.04. The van der Waals surface area contributed by atoms with Gasteiger partial charge in [-0.3, -0.25) is 14.5 Å². The summed E-state index contributed by atoms with van der Waals surface area (Å²) in [5, 5.41) is 2.91. The van der Waals surface area contributed by atoms with Crippen LogP contribution in [0.1, 0.15) is 47.8 Å². The van der Waals surface area contributed by atoms with Crippen molar-refractivity contribution < 1.29 is 18.8 Å². The molecule has 1 aromatic heterocycles. The first-order chi connectivity index (χ1) is 10.9. The Morgan fingerprint density at radius 1 is 1.26 bits per heavy atom. The molecular formula is C16H19N3O4. The van der Waals surface area contributed by atoms with Gasteiger partial charge >= 0.3 is 6.03 Å². The van der Waals surface area contributed by atoms with Gasteiger partial charge in [-0.1, -0.05) is 0 Å². The van der Waals surface area contributed by atoms with Crippen molar-refractivity contribution in [3.63, 3.8) is 0 Å². The Bertz CT molecular complexity index is 703. The number of hydrogen-bond donors (Lipinski definition) is 1. The lowest BCUT2D eigenvalue weighted by molar-refractivity contribution is -0.132. The fourth-order valence-electron chi connectivity index (χ4n) is 3.73. The Hall–Kier alpha value is -2.18. The normalized spacial score (nSPS) is 23.3. The van der Waals surface area contributed by atoms with E-state index in [-0.39, 0.29) is 30.0 Å². The third kappa shape index (κ3) is 2.09. The van der Waals surface area contributed by atoms with E-state index in [1.54, 1.807) is 13.8 Å². The summed E-state index contributed by atoms with van der Waals surface area (Å²) in [5.74, 6) is 0.331. The fraction of sp³-hybridized carbons (Fsp3) is 0.625. The van der Waals surface area contributed by atoms with Gasteiger partial charge in [-0.25, -0.2) is 9.78 Å². The summed E-state index contributed by atoms with van der Waals surface area (Å²) in [6, 6.07) is -0.462. The van der Waals surface area contributed by atoms with Crippen molar-refractivity contribution in [2.24, 2.45) is 11.8 Å². The summed E-state index contributed by atoms with van der Waals surface area (Å²) in [6.07, 6.45) is 3.85. The first-order valence-corrected chi connectivity index (χ1v) is 8.05. The molecule has 0 unspecified atom stereocenters. The van der Waals surface area contributed by atoms with Crippen LogP contribution in [0, 0.1) is 25.7 Å². The zero-order valence-electron chi connectivity index (χ0n) is 13.2. The number of oxazole rings is 1. The van der Waals surface area contributed by atoms with Gasteiger partial charge in [-0.2, -0.15) is 0 Å². The molecule has 1 aliphatic heterocycles. The van der Waals surface area contributed by atoms with Crippen molar-refractivity contribution in [3.8, 4) is 0 Å². The number of amides is 3. The van der Waals surface area contributed by atoms with Crippen LogP contribution < -0.4 is 5.32 Å². The number of rotatable bonds is 5. The maximum atomic E-state index is 12.9. The molecule has 1 aromatic rings. The highest BCUT2D eigenvalue weighted by molar-refractivity contribution is 6.11. The molecule has 23 heavy (non-hydrogen) atoms. The van der Waals surface area contributed by atoms with E-state index in [0.29, 0.717) is 11.6 Å². The number of urea groups is 1. The number of ketones is 1. The van der Waals surface area contributed by atoms with Crippen LogP contribution in [0.25, 0.3) is 0 Å². The summed E-state index contributed by atoms with van der Waals surface area (Å²) < 4.78 is 5.30. The highest BCUT2D eigenvalue weighted by Crippen LogP contribution is 2.54. The topological polar surface area (TPSA) is 92.5 Å². The summed E-state index contributed by atoms with van der Waals surface area (Å²) in [7, 11) is 0. The predicted molar refractivity (Wildman–Crippen MR) is 78.7 cm³/mol. The zero-order valence-corrected chi connectivity index (χ0v) is 13.2. The lowest BCUT2D eigenvalue weighted by Gasteiger charge is -2.26. The number of aromatic nitrogens is 1. The maximum Gasteiger partial charge on any atom is 0.325 e. The van der Waals surface area contributed by atoms with Crippen molar-refractivity contribution >= 4 is 17.7 Å². The zero-order chi connectivity index (χ0) is 16.4. The van der Waals surface area contributed by atoms with Gasteiger partial charge < -0.3 is 9.73 Å². The first kappa shape index (κ1) is 14.4. The van der Waals surface area contributed by atoms with Crippen molar-refractivity contribution in [2.75, 3.05) is 6.54 Å². The minimum absolute atomic E-state index is 0.124. The monoisotopic (exact) mass is 317 g/mol. The molecule has 0 bridgehead atoms. The molecule has 7 heteroatoms. The van der Waals surface area contributed by atoms with E-state index in [1.165, 1.54) is 0 Å². The Labute approximate surface area is 133 Å². The molecule has 2 aliphatic carbocycles. The van der Waals surface area contributed by atoms with E-state index in [9.17, 15) is 14.4 Å². The van der Waals surface area contributed by atoms with Gasteiger partial charge in [0.25, 0.3) is 5.91 Å². The second kappa shape index (κ2) is 4.66. The average Bonchev–Trinajstić information content (AvgIpc) is 3.39. The number of carbonyl (C=O) groups excluding carboxylic acids is 3. The summed E-state index contributed by atoms with van der Waals surface area (Å²) >= 11 is 0. The summed E-state index contributed by atoms with van der Waals surface area (Å²) in [4.78, 5) is 42.7. The molecule has 3 amide bonds. The average molecular weight is 317 g/mol. The van der Waals surface area contributed by atoms with Crippen molar-refractivity contribution in [1.29, 1.82) is 0 Å². The SMILES string of the molecule is Cc1nc(C)c(C(=O)CN2C(=O)NC(C3CC3)(C3CC3)C2=O)o1. The van der Waals surface area contributed by atoms with Crippen molar-refractivity contribution in [3.05, 3.63) is 17.3 Å². The molecule has 0 atom stereocenters. The van der Waals surface area contributed by atoms with Crippen LogP contribution in [0.15, 0.2) is 4.42 Å². The lowest BCUT2D eigenvalue weighted by atomic mass is 9.87. The molecule has 122 valence electrons. The van der Waals surface area contributed by atoms with Gasteiger partial charge in [0.15, 0.2) is 11.7 Å². The van der Waals surface area contributed by atoms with Gasteiger partial charge in [-0.05, 0) is 44.4 Å². The standard InChI is InChI=1S/C16H19N3O4/c1-8-13(23-9(2)17-8)12(20)7-19-14(21)16(10-3-4-10,11-5-6-11)18-15(19)22/h10-11H,3-7H2,1-2H3,(H,18,22). The lowest BCUT2D eigenvalue weighted by Crippen LogP contribution is -2.51. The Kier molecular flexibility index (Phi) is 2.92. The quantitative estimate of drug-likeness (QED) is 0.657. The van der Waals surface area contributed by atoms with Gasteiger partial charge in [0.05, 0.1) is 12.2 Å².